The topological polar surface area (TPSA) is 96.9 Å². The maximum atomic E-state index is 13.2. The summed E-state index contributed by atoms with van der Waals surface area (Å²) in [5.41, 5.74) is 4.03. The molecule has 0 saturated carbocycles. The van der Waals surface area contributed by atoms with Crippen molar-refractivity contribution in [1.82, 2.24) is 0 Å². The Bertz CT molecular complexity index is 1470. The van der Waals surface area contributed by atoms with Gasteiger partial charge in [0.2, 0.25) is 0 Å². The molecule has 0 aliphatic carbocycles. The van der Waals surface area contributed by atoms with Crippen LogP contribution in [0.1, 0.15) is 42.5 Å². The Morgan fingerprint density at radius 2 is 1.89 bits per heavy atom. The average molecular weight is 502 g/mol. The minimum atomic E-state index is -3.41. The highest BCUT2D eigenvalue weighted by molar-refractivity contribution is 7.90. The van der Waals surface area contributed by atoms with E-state index in [0.29, 0.717) is 23.0 Å². The average Bonchev–Trinajstić information content (AvgIpc) is 2.86. The Kier molecular flexibility index (Phi) is 7.13. The molecule has 0 fully saturated rings. The molecular weight excluding hydrogens is 474 g/mol. The second-order valence-corrected chi connectivity index (χ2v) is 10.8. The summed E-state index contributed by atoms with van der Waals surface area (Å²) in [6.07, 6.45) is 6.45. The number of hydrogen-bond donors (Lipinski definition) is 2. The van der Waals surface area contributed by atoms with Crippen LogP contribution in [0, 0.1) is 12.3 Å². The van der Waals surface area contributed by atoms with E-state index in [1.165, 1.54) is 17.7 Å². The number of aliphatic imine (C=N–C) groups is 1. The number of anilines is 2. The van der Waals surface area contributed by atoms with Crippen molar-refractivity contribution in [3.05, 3.63) is 83.4 Å². The molecule has 7 nitrogen and oxygen atoms in total. The largest absolute Gasteiger partial charge is 0.481 e. The number of carbonyl (C=O) groups excluding carboxylic acids is 1. The molecule has 1 aliphatic rings. The molecule has 36 heavy (non-hydrogen) atoms. The van der Waals surface area contributed by atoms with Crippen molar-refractivity contribution in [3.63, 3.8) is 0 Å². The first kappa shape index (κ1) is 25.0. The van der Waals surface area contributed by atoms with Gasteiger partial charge in [-0.1, -0.05) is 50.1 Å². The number of amides is 1. The summed E-state index contributed by atoms with van der Waals surface area (Å²) in [6.45, 7) is 4.40. The second kappa shape index (κ2) is 10.3. The molecule has 1 atom stereocenters. The van der Waals surface area contributed by atoms with E-state index in [2.05, 4.69) is 42.5 Å². The highest BCUT2D eigenvalue weighted by Gasteiger charge is 2.27. The van der Waals surface area contributed by atoms with Gasteiger partial charge >= 0.3 is 0 Å². The number of hydrogen-bond acceptors (Lipinski definition) is 6. The number of amidine groups is 1. The van der Waals surface area contributed by atoms with Gasteiger partial charge in [0.25, 0.3) is 5.91 Å². The maximum absolute atomic E-state index is 13.2. The molecule has 1 heterocycles. The van der Waals surface area contributed by atoms with Crippen LogP contribution in [-0.2, 0) is 14.6 Å². The number of sulfone groups is 1. The maximum Gasteiger partial charge on any atom is 0.291 e. The standard InChI is InChI=1S/C28H27N3O4S/c1-5-15-35-22-13-14-25-24(17-22)26(20-11-9-19(10-12-20)18(2)3)31-27(30-25)28(32)29-21-7-6-8-23(16-21)36(4,33)34/h1,6-14,16-18,26H,15H2,2-4H3,(H,29,32)(H,30,31). The van der Waals surface area contributed by atoms with Gasteiger partial charge in [-0.25, -0.2) is 8.42 Å². The van der Waals surface area contributed by atoms with E-state index in [9.17, 15) is 13.2 Å². The number of terminal acetylenes is 1. The first-order chi connectivity index (χ1) is 17.2. The van der Waals surface area contributed by atoms with Gasteiger partial charge in [-0.05, 0) is 53.4 Å². The molecule has 8 heteroatoms. The zero-order valence-electron chi connectivity index (χ0n) is 20.3. The van der Waals surface area contributed by atoms with E-state index < -0.39 is 21.8 Å². The van der Waals surface area contributed by atoms with E-state index in [-0.39, 0.29) is 17.3 Å². The summed E-state index contributed by atoms with van der Waals surface area (Å²) in [7, 11) is -3.41. The molecule has 1 aliphatic heterocycles. The number of carbonyl (C=O) groups is 1. The summed E-state index contributed by atoms with van der Waals surface area (Å²) in [4.78, 5) is 18.0. The Morgan fingerprint density at radius 1 is 1.14 bits per heavy atom. The summed E-state index contributed by atoms with van der Waals surface area (Å²) < 4.78 is 29.4. The number of fused-ring (bicyclic) bond motifs is 1. The van der Waals surface area contributed by atoms with Crippen molar-refractivity contribution < 1.29 is 17.9 Å². The molecule has 0 aromatic heterocycles. The highest BCUT2D eigenvalue weighted by Crippen LogP contribution is 2.38. The summed E-state index contributed by atoms with van der Waals surface area (Å²) in [6, 6.07) is 19.3. The van der Waals surface area contributed by atoms with Crippen molar-refractivity contribution >= 4 is 33.0 Å². The van der Waals surface area contributed by atoms with Crippen LogP contribution < -0.4 is 15.4 Å². The monoisotopic (exact) mass is 501 g/mol. The van der Waals surface area contributed by atoms with Crippen LogP contribution in [0.2, 0.25) is 0 Å². The smallest absolute Gasteiger partial charge is 0.291 e. The summed E-state index contributed by atoms with van der Waals surface area (Å²) in [5.74, 6) is 3.08. The normalized spacial score (nSPS) is 14.8. The van der Waals surface area contributed by atoms with E-state index in [4.69, 9.17) is 16.2 Å². The molecule has 0 bridgehead atoms. The molecule has 4 rings (SSSR count). The van der Waals surface area contributed by atoms with Crippen molar-refractivity contribution in [2.24, 2.45) is 4.99 Å². The lowest BCUT2D eigenvalue weighted by Gasteiger charge is -2.26. The lowest BCUT2D eigenvalue weighted by molar-refractivity contribution is -0.110. The SMILES string of the molecule is C#CCOc1ccc2c(c1)C(c1ccc(C(C)C)cc1)N=C(C(=O)Nc1cccc(S(C)(=O)=O)c1)N2. The predicted molar refractivity (Wildman–Crippen MR) is 142 cm³/mol. The molecule has 1 amide bonds. The zero-order valence-corrected chi connectivity index (χ0v) is 21.1. The minimum Gasteiger partial charge on any atom is -0.481 e. The molecule has 0 spiro atoms. The molecule has 3 aromatic rings. The van der Waals surface area contributed by atoms with Crippen LogP contribution in [-0.4, -0.2) is 33.0 Å². The fraction of sp³-hybridized carbons (Fsp3) is 0.214. The summed E-state index contributed by atoms with van der Waals surface area (Å²) in [5, 5.41) is 5.85. The van der Waals surface area contributed by atoms with Gasteiger partial charge in [0.05, 0.1) is 4.90 Å². The van der Waals surface area contributed by atoms with Crippen LogP contribution in [0.25, 0.3) is 0 Å². The van der Waals surface area contributed by atoms with E-state index >= 15 is 0 Å². The van der Waals surface area contributed by atoms with Crippen molar-refractivity contribution in [2.45, 2.75) is 30.7 Å². The predicted octanol–water partition coefficient (Wildman–Crippen LogP) is 4.78. The first-order valence-corrected chi connectivity index (χ1v) is 13.3. The molecule has 3 aromatic carbocycles. The van der Waals surface area contributed by atoms with Gasteiger partial charge in [0.15, 0.2) is 15.7 Å². The number of rotatable bonds is 7. The Morgan fingerprint density at radius 3 is 2.56 bits per heavy atom. The number of benzene rings is 3. The first-order valence-electron chi connectivity index (χ1n) is 11.4. The molecule has 1 unspecified atom stereocenters. The van der Waals surface area contributed by atoms with Crippen LogP contribution in [0.5, 0.6) is 5.75 Å². The van der Waals surface area contributed by atoms with Gasteiger partial charge < -0.3 is 15.4 Å². The fourth-order valence-electron chi connectivity index (χ4n) is 3.88. The lowest BCUT2D eigenvalue weighted by atomic mass is 9.93. The summed E-state index contributed by atoms with van der Waals surface area (Å²) >= 11 is 0. The van der Waals surface area contributed by atoms with Gasteiger partial charge in [-0.2, -0.15) is 0 Å². The quantitative estimate of drug-likeness (QED) is 0.454. The third kappa shape index (κ3) is 5.58. The number of nitrogens with one attached hydrogen (secondary N) is 2. The van der Waals surface area contributed by atoms with Gasteiger partial charge in [-0.15, -0.1) is 6.42 Å². The van der Waals surface area contributed by atoms with Crippen LogP contribution in [0.3, 0.4) is 0 Å². The number of nitrogens with zero attached hydrogens (tertiary/aromatic N) is 1. The Labute approximate surface area is 211 Å². The third-order valence-corrected chi connectivity index (χ3v) is 6.92. The lowest BCUT2D eigenvalue weighted by Crippen LogP contribution is -2.33. The fourth-order valence-corrected chi connectivity index (χ4v) is 4.55. The minimum absolute atomic E-state index is 0.113. The molecule has 2 N–H and O–H groups in total. The zero-order chi connectivity index (χ0) is 25.9. The molecule has 0 radical (unpaired) electrons. The van der Waals surface area contributed by atoms with Crippen molar-refractivity contribution in [3.8, 4) is 18.1 Å². The Balaban J connectivity index is 1.69. The van der Waals surface area contributed by atoms with Crippen molar-refractivity contribution in [1.29, 1.82) is 0 Å². The van der Waals surface area contributed by atoms with Crippen LogP contribution >= 0.6 is 0 Å². The molecule has 184 valence electrons. The highest BCUT2D eigenvalue weighted by atomic mass is 32.2. The van der Waals surface area contributed by atoms with Gasteiger partial charge in [0.1, 0.15) is 18.4 Å². The van der Waals surface area contributed by atoms with E-state index in [1.54, 1.807) is 18.2 Å². The van der Waals surface area contributed by atoms with Crippen LogP contribution in [0.15, 0.2) is 76.6 Å². The van der Waals surface area contributed by atoms with Crippen molar-refractivity contribution in [2.75, 3.05) is 23.5 Å². The third-order valence-electron chi connectivity index (χ3n) is 5.81. The van der Waals surface area contributed by atoms with Gasteiger partial charge in [0, 0.05) is 23.2 Å². The Hall–Kier alpha value is -4.09. The van der Waals surface area contributed by atoms with Gasteiger partial charge in [-0.3, -0.25) is 9.79 Å². The second-order valence-electron chi connectivity index (χ2n) is 8.82. The van der Waals surface area contributed by atoms with E-state index in [0.717, 1.165) is 17.4 Å². The molecule has 0 saturated heterocycles. The van der Waals surface area contributed by atoms with Crippen LogP contribution in [0.4, 0.5) is 11.4 Å². The molecular formula is C28H27N3O4S. The number of ether oxygens (including phenoxy) is 1. The van der Waals surface area contributed by atoms with E-state index in [1.807, 2.05) is 24.3 Å².